The van der Waals surface area contributed by atoms with Gasteiger partial charge in [0, 0.05) is 23.1 Å². The Hall–Kier alpha value is -0.650. The van der Waals surface area contributed by atoms with Crippen LogP contribution in [0.3, 0.4) is 0 Å². The molecule has 2 nitrogen and oxygen atoms in total. The largest absolute Gasteiger partial charge is 0.271 e. The Morgan fingerprint density at radius 2 is 1.80 bits per heavy atom. The van der Waals surface area contributed by atoms with E-state index >= 15 is 0 Å². The van der Waals surface area contributed by atoms with Crippen molar-refractivity contribution in [3.63, 3.8) is 0 Å². The number of nitrogens with one attached hydrogen (secondary N) is 1. The van der Waals surface area contributed by atoms with Crippen LogP contribution in [0.5, 0.6) is 0 Å². The van der Waals surface area contributed by atoms with Crippen LogP contribution in [0.2, 0.25) is 0 Å². The molecule has 0 amide bonds. The van der Waals surface area contributed by atoms with Gasteiger partial charge in [-0.05, 0) is 37.0 Å². The van der Waals surface area contributed by atoms with Gasteiger partial charge in [0.1, 0.15) is 11.6 Å². The van der Waals surface area contributed by atoms with Gasteiger partial charge in [-0.3, -0.25) is 11.3 Å². The Morgan fingerprint density at radius 1 is 1.15 bits per heavy atom. The number of thioether (sulfide) groups is 1. The summed E-state index contributed by atoms with van der Waals surface area (Å²) in [4.78, 5) is 0. The van der Waals surface area contributed by atoms with Crippen LogP contribution in [0, 0.1) is 11.6 Å². The lowest BCUT2D eigenvalue weighted by molar-refractivity contribution is 0.512. The van der Waals surface area contributed by atoms with Gasteiger partial charge in [0.25, 0.3) is 0 Å². The summed E-state index contributed by atoms with van der Waals surface area (Å²) in [5.41, 5.74) is 3.41. The molecule has 1 aromatic rings. The summed E-state index contributed by atoms with van der Waals surface area (Å²) in [5, 5.41) is 0.712. The topological polar surface area (TPSA) is 38.0 Å². The minimum Gasteiger partial charge on any atom is -0.271 e. The Labute approximate surface area is 123 Å². The highest BCUT2D eigenvalue weighted by Crippen LogP contribution is 2.28. The Balaban J connectivity index is 1.84. The Morgan fingerprint density at radius 3 is 2.40 bits per heavy atom. The van der Waals surface area contributed by atoms with Crippen LogP contribution in [-0.2, 0) is 6.42 Å². The van der Waals surface area contributed by atoms with E-state index < -0.39 is 11.6 Å². The number of benzene rings is 1. The molecule has 1 aliphatic rings. The molecule has 1 saturated carbocycles. The van der Waals surface area contributed by atoms with Crippen LogP contribution < -0.4 is 11.3 Å². The van der Waals surface area contributed by atoms with Crippen LogP contribution in [0.4, 0.5) is 8.78 Å². The SMILES string of the molecule is NNC(CSC1CCCCC1)Cc1cc(F)cc(F)c1. The van der Waals surface area contributed by atoms with E-state index in [0.717, 1.165) is 11.8 Å². The molecule has 1 atom stereocenters. The Bertz CT molecular complexity index is 402. The number of hydrogen-bond acceptors (Lipinski definition) is 3. The summed E-state index contributed by atoms with van der Waals surface area (Å²) >= 11 is 1.93. The molecule has 20 heavy (non-hydrogen) atoms. The van der Waals surface area contributed by atoms with Gasteiger partial charge in [0.05, 0.1) is 0 Å². The second-order valence-corrected chi connectivity index (χ2v) is 6.77. The van der Waals surface area contributed by atoms with Gasteiger partial charge in [0.2, 0.25) is 0 Å². The molecule has 1 aromatic carbocycles. The summed E-state index contributed by atoms with van der Waals surface area (Å²) in [6.07, 6.45) is 7.07. The van der Waals surface area contributed by atoms with Crippen LogP contribution in [0.15, 0.2) is 18.2 Å². The second-order valence-electron chi connectivity index (χ2n) is 5.44. The molecular formula is C15H22F2N2S. The summed E-state index contributed by atoms with van der Waals surface area (Å²) in [7, 11) is 0. The van der Waals surface area contributed by atoms with Crippen molar-refractivity contribution in [2.45, 2.75) is 49.8 Å². The van der Waals surface area contributed by atoms with Gasteiger partial charge in [0.15, 0.2) is 0 Å². The normalized spacial score (nSPS) is 18.1. The van der Waals surface area contributed by atoms with Crippen molar-refractivity contribution in [2.75, 3.05) is 5.75 Å². The van der Waals surface area contributed by atoms with Gasteiger partial charge in [-0.2, -0.15) is 11.8 Å². The number of hydrogen-bond donors (Lipinski definition) is 2. The Kier molecular flexibility index (Phi) is 6.26. The lowest BCUT2D eigenvalue weighted by Crippen LogP contribution is -2.39. The van der Waals surface area contributed by atoms with Gasteiger partial charge < -0.3 is 0 Å². The van der Waals surface area contributed by atoms with Gasteiger partial charge >= 0.3 is 0 Å². The molecule has 0 heterocycles. The van der Waals surface area contributed by atoms with Gasteiger partial charge in [-0.25, -0.2) is 8.78 Å². The first-order valence-electron chi connectivity index (χ1n) is 7.20. The molecule has 0 aliphatic heterocycles. The van der Waals surface area contributed by atoms with Gasteiger partial charge in [-0.15, -0.1) is 0 Å². The second kappa shape index (κ2) is 7.96. The highest BCUT2D eigenvalue weighted by Gasteiger charge is 2.17. The standard InChI is InChI=1S/C15H22F2N2S/c16-12-6-11(7-13(17)9-12)8-14(19-18)10-20-15-4-2-1-3-5-15/h6-7,9,14-15,19H,1-5,8,10,18H2. The molecule has 2 rings (SSSR count). The third-order valence-corrected chi connectivity index (χ3v) is 5.26. The van der Waals surface area contributed by atoms with E-state index in [1.165, 1.54) is 44.2 Å². The lowest BCUT2D eigenvalue weighted by atomic mass is 10.0. The monoisotopic (exact) mass is 300 g/mol. The molecule has 5 heteroatoms. The van der Waals surface area contributed by atoms with Crippen molar-refractivity contribution in [3.8, 4) is 0 Å². The summed E-state index contributed by atoms with van der Waals surface area (Å²) in [5.74, 6) is 5.37. The molecule has 0 saturated heterocycles. The van der Waals surface area contributed by atoms with Crippen LogP contribution in [0.25, 0.3) is 0 Å². The molecule has 0 aromatic heterocycles. The van der Waals surface area contributed by atoms with E-state index in [0.29, 0.717) is 17.2 Å². The van der Waals surface area contributed by atoms with E-state index in [9.17, 15) is 8.78 Å². The van der Waals surface area contributed by atoms with E-state index in [4.69, 9.17) is 5.84 Å². The maximum absolute atomic E-state index is 13.2. The third kappa shape index (κ3) is 5.04. The van der Waals surface area contributed by atoms with Crippen LogP contribution in [0.1, 0.15) is 37.7 Å². The van der Waals surface area contributed by atoms with Crippen molar-refractivity contribution in [3.05, 3.63) is 35.4 Å². The number of halogens is 2. The molecule has 1 aliphatic carbocycles. The average molecular weight is 300 g/mol. The molecule has 0 spiro atoms. The van der Waals surface area contributed by atoms with E-state index in [1.54, 1.807) is 0 Å². The number of rotatable bonds is 6. The smallest absolute Gasteiger partial charge is 0.126 e. The first kappa shape index (κ1) is 15.7. The molecule has 1 unspecified atom stereocenters. The predicted octanol–water partition coefficient (Wildman–Crippen LogP) is 3.41. The maximum atomic E-state index is 13.2. The minimum absolute atomic E-state index is 0.0446. The zero-order valence-electron chi connectivity index (χ0n) is 11.6. The zero-order chi connectivity index (χ0) is 14.4. The van der Waals surface area contributed by atoms with E-state index in [-0.39, 0.29) is 6.04 Å². The molecular weight excluding hydrogens is 278 g/mol. The molecule has 1 fully saturated rings. The summed E-state index contributed by atoms with van der Waals surface area (Å²) in [6, 6.07) is 3.69. The van der Waals surface area contributed by atoms with Crippen molar-refractivity contribution >= 4 is 11.8 Å². The van der Waals surface area contributed by atoms with Crippen LogP contribution in [-0.4, -0.2) is 17.0 Å². The first-order chi connectivity index (χ1) is 9.67. The fourth-order valence-corrected chi connectivity index (χ4v) is 4.05. The third-order valence-electron chi connectivity index (χ3n) is 3.73. The van der Waals surface area contributed by atoms with Gasteiger partial charge in [-0.1, -0.05) is 19.3 Å². The van der Waals surface area contributed by atoms with E-state index in [1.807, 2.05) is 11.8 Å². The quantitative estimate of drug-likeness (QED) is 0.624. The highest BCUT2D eigenvalue weighted by molar-refractivity contribution is 7.99. The van der Waals surface area contributed by atoms with Crippen molar-refractivity contribution in [2.24, 2.45) is 5.84 Å². The van der Waals surface area contributed by atoms with Crippen molar-refractivity contribution in [1.29, 1.82) is 0 Å². The molecule has 112 valence electrons. The zero-order valence-corrected chi connectivity index (χ0v) is 12.4. The van der Waals surface area contributed by atoms with Crippen LogP contribution >= 0.6 is 11.8 Å². The van der Waals surface area contributed by atoms with Crippen molar-refractivity contribution < 1.29 is 8.78 Å². The number of hydrazine groups is 1. The first-order valence-corrected chi connectivity index (χ1v) is 8.25. The lowest BCUT2D eigenvalue weighted by Gasteiger charge is -2.23. The fourth-order valence-electron chi connectivity index (χ4n) is 2.66. The molecule has 0 bridgehead atoms. The number of nitrogens with two attached hydrogens (primary N) is 1. The molecule has 0 radical (unpaired) electrons. The summed E-state index contributed by atoms with van der Waals surface area (Å²) in [6.45, 7) is 0. The average Bonchev–Trinajstić information content (AvgIpc) is 2.43. The summed E-state index contributed by atoms with van der Waals surface area (Å²) < 4.78 is 26.3. The maximum Gasteiger partial charge on any atom is 0.126 e. The minimum atomic E-state index is -0.532. The van der Waals surface area contributed by atoms with Crippen molar-refractivity contribution in [1.82, 2.24) is 5.43 Å². The van der Waals surface area contributed by atoms with E-state index in [2.05, 4.69) is 5.43 Å². The molecule has 3 N–H and O–H groups in total. The predicted molar refractivity (Wildman–Crippen MR) is 80.5 cm³/mol. The fraction of sp³-hybridized carbons (Fsp3) is 0.600. The highest BCUT2D eigenvalue weighted by atomic mass is 32.2.